The molecule has 4 heteroatoms. The van der Waals surface area contributed by atoms with Crippen LogP contribution in [-0.4, -0.2) is 22.5 Å². The normalized spacial score (nSPS) is 8.80. The van der Waals surface area contributed by atoms with Gasteiger partial charge in [-0.1, -0.05) is 13.8 Å². The van der Waals surface area contributed by atoms with E-state index in [2.05, 4.69) is 10.3 Å². The Hall–Kier alpha value is -1.42. The highest BCUT2D eigenvalue weighted by molar-refractivity contribution is 5.92. The van der Waals surface area contributed by atoms with Gasteiger partial charge in [0.25, 0.3) is 5.91 Å². The maximum atomic E-state index is 11.3. The van der Waals surface area contributed by atoms with E-state index in [0.717, 1.165) is 0 Å². The largest absolute Gasteiger partial charge is 0.392 e. The maximum Gasteiger partial charge on any atom is 0.269 e. The standard InChI is InChI=1S/C9H12N2O2.C2H6/c1-2-10-9(13)8-5-7(6-12)3-4-11-8;1-2/h3-5,12H,2,6H2,1H3,(H,10,13);1-2H3. The number of nitrogens with zero attached hydrogens (tertiary/aromatic N) is 1. The lowest BCUT2D eigenvalue weighted by Gasteiger charge is -2.01. The lowest BCUT2D eigenvalue weighted by Crippen LogP contribution is -2.23. The van der Waals surface area contributed by atoms with E-state index in [9.17, 15) is 4.79 Å². The van der Waals surface area contributed by atoms with E-state index in [0.29, 0.717) is 17.8 Å². The van der Waals surface area contributed by atoms with Crippen molar-refractivity contribution in [3.63, 3.8) is 0 Å². The van der Waals surface area contributed by atoms with Crippen LogP contribution in [0.15, 0.2) is 18.3 Å². The van der Waals surface area contributed by atoms with Crippen LogP contribution in [0, 0.1) is 0 Å². The summed E-state index contributed by atoms with van der Waals surface area (Å²) in [6.45, 7) is 6.34. The minimum absolute atomic E-state index is 0.0745. The van der Waals surface area contributed by atoms with E-state index in [4.69, 9.17) is 5.11 Å². The van der Waals surface area contributed by atoms with Gasteiger partial charge in [0.2, 0.25) is 0 Å². The third-order valence-electron chi connectivity index (χ3n) is 1.58. The van der Waals surface area contributed by atoms with Crippen LogP contribution >= 0.6 is 0 Å². The number of aromatic nitrogens is 1. The van der Waals surface area contributed by atoms with Crippen LogP contribution < -0.4 is 5.32 Å². The molecule has 0 bridgehead atoms. The lowest BCUT2D eigenvalue weighted by molar-refractivity contribution is 0.0950. The Balaban J connectivity index is 0.000000921. The molecular weight excluding hydrogens is 192 g/mol. The van der Waals surface area contributed by atoms with Gasteiger partial charge in [-0.3, -0.25) is 9.78 Å². The molecule has 15 heavy (non-hydrogen) atoms. The number of carbonyl (C=O) groups is 1. The van der Waals surface area contributed by atoms with Crippen LogP contribution in [0.3, 0.4) is 0 Å². The number of amides is 1. The number of aliphatic hydroxyl groups excluding tert-OH is 1. The summed E-state index contributed by atoms with van der Waals surface area (Å²) in [5.41, 5.74) is 1.03. The van der Waals surface area contributed by atoms with Crippen molar-refractivity contribution in [1.82, 2.24) is 10.3 Å². The number of rotatable bonds is 3. The molecule has 1 rings (SSSR count). The van der Waals surface area contributed by atoms with Crippen LogP contribution in [0.1, 0.15) is 36.8 Å². The molecule has 84 valence electrons. The van der Waals surface area contributed by atoms with Crippen LogP contribution in [0.4, 0.5) is 0 Å². The van der Waals surface area contributed by atoms with Crippen LogP contribution in [0.2, 0.25) is 0 Å². The third-order valence-corrected chi connectivity index (χ3v) is 1.58. The van der Waals surface area contributed by atoms with Crippen molar-refractivity contribution >= 4 is 5.91 Å². The molecule has 1 aromatic heterocycles. The Morgan fingerprint density at radius 2 is 2.20 bits per heavy atom. The molecule has 0 unspecified atom stereocenters. The van der Waals surface area contributed by atoms with Gasteiger partial charge in [-0.05, 0) is 24.6 Å². The molecule has 0 aromatic carbocycles. The fraction of sp³-hybridized carbons (Fsp3) is 0.455. The molecule has 2 N–H and O–H groups in total. The summed E-state index contributed by atoms with van der Waals surface area (Å²) >= 11 is 0. The average molecular weight is 210 g/mol. The zero-order chi connectivity index (χ0) is 11.7. The van der Waals surface area contributed by atoms with Gasteiger partial charge in [-0.2, -0.15) is 0 Å². The first kappa shape index (κ1) is 13.6. The smallest absolute Gasteiger partial charge is 0.269 e. The van der Waals surface area contributed by atoms with Gasteiger partial charge in [0, 0.05) is 12.7 Å². The number of hydrogen-bond acceptors (Lipinski definition) is 3. The molecule has 1 aromatic rings. The first-order valence-corrected chi connectivity index (χ1v) is 5.12. The Kier molecular flexibility index (Phi) is 7.18. The summed E-state index contributed by atoms with van der Waals surface area (Å²) in [7, 11) is 0. The summed E-state index contributed by atoms with van der Waals surface area (Å²) in [6, 6.07) is 3.24. The first-order chi connectivity index (χ1) is 7.27. The van der Waals surface area contributed by atoms with Gasteiger partial charge in [-0.15, -0.1) is 0 Å². The highest BCUT2D eigenvalue weighted by atomic mass is 16.3. The number of pyridine rings is 1. The van der Waals surface area contributed by atoms with Crippen molar-refractivity contribution in [2.24, 2.45) is 0 Å². The van der Waals surface area contributed by atoms with E-state index < -0.39 is 0 Å². The minimum Gasteiger partial charge on any atom is -0.392 e. The predicted octanol–water partition coefficient (Wildman–Crippen LogP) is 1.35. The van der Waals surface area contributed by atoms with Gasteiger partial charge in [0.05, 0.1) is 6.61 Å². The van der Waals surface area contributed by atoms with Crippen LogP contribution in [0.25, 0.3) is 0 Å². The quantitative estimate of drug-likeness (QED) is 0.791. The van der Waals surface area contributed by atoms with Crippen molar-refractivity contribution < 1.29 is 9.90 Å². The Morgan fingerprint density at radius 3 is 2.73 bits per heavy atom. The molecular formula is C11H18N2O2. The molecule has 1 amide bonds. The van der Waals surface area contributed by atoms with Crippen molar-refractivity contribution in [3.8, 4) is 0 Å². The molecule has 4 nitrogen and oxygen atoms in total. The Bertz CT molecular complexity index is 300. The molecule has 0 atom stereocenters. The van der Waals surface area contributed by atoms with Crippen molar-refractivity contribution in [2.45, 2.75) is 27.4 Å². The van der Waals surface area contributed by atoms with E-state index >= 15 is 0 Å². The second-order valence-electron chi connectivity index (χ2n) is 2.57. The Labute approximate surface area is 90.4 Å². The van der Waals surface area contributed by atoms with Crippen molar-refractivity contribution in [2.75, 3.05) is 6.54 Å². The van der Waals surface area contributed by atoms with E-state index in [1.807, 2.05) is 20.8 Å². The van der Waals surface area contributed by atoms with E-state index in [1.54, 1.807) is 12.1 Å². The van der Waals surface area contributed by atoms with Crippen LogP contribution in [-0.2, 0) is 6.61 Å². The molecule has 0 aliphatic heterocycles. The van der Waals surface area contributed by atoms with Crippen LogP contribution in [0.5, 0.6) is 0 Å². The molecule has 0 saturated heterocycles. The average Bonchev–Trinajstić information content (AvgIpc) is 2.32. The highest BCUT2D eigenvalue weighted by Crippen LogP contribution is 2.01. The summed E-state index contributed by atoms with van der Waals surface area (Å²) < 4.78 is 0. The van der Waals surface area contributed by atoms with Crippen molar-refractivity contribution in [3.05, 3.63) is 29.6 Å². The van der Waals surface area contributed by atoms with Gasteiger partial charge in [0.15, 0.2) is 0 Å². The molecule has 1 heterocycles. The zero-order valence-electron chi connectivity index (χ0n) is 9.45. The van der Waals surface area contributed by atoms with Gasteiger partial charge < -0.3 is 10.4 Å². The fourth-order valence-electron chi connectivity index (χ4n) is 0.948. The van der Waals surface area contributed by atoms with Gasteiger partial charge in [-0.25, -0.2) is 0 Å². The second kappa shape index (κ2) is 7.94. The van der Waals surface area contributed by atoms with E-state index in [-0.39, 0.29) is 12.5 Å². The summed E-state index contributed by atoms with van der Waals surface area (Å²) in [5.74, 6) is -0.210. The molecule has 0 spiro atoms. The predicted molar refractivity (Wildman–Crippen MR) is 59.5 cm³/mol. The highest BCUT2D eigenvalue weighted by Gasteiger charge is 2.05. The number of carbonyl (C=O) groups excluding carboxylic acids is 1. The van der Waals surface area contributed by atoms with Gasteiger partial charge >= 0.3 is 0 Å². The van der Waals surface area contributed by atoms with Gasteiger partial charge in [0.1, 0.15) is 5.69 Å². The SMILES string of the molecule is CC.CCNC(=O)c1cc(CO)ccn1. The first-order valence-electron chi connectivity index (χ1n) is 5.12. The molecule has 0 aliphatic rings. The topological polar surface area (TPSA) is 62.2 Å². The molecule has 0 radical (unpaired) electrons. The number of nitrogens with one attached hydrogen (secondary N) is 1. The zero-order valence-corrected chi connectivity index (χ0v) is 9.45. The fourth-order valence-corrected chi connectivity index (χ4v) is 0.948. The monoisotopic (exact) mass is 210 g/mol. The Morgan fingerprint density at radius 1 is 1.53 bits per heavy atom. The summed E-state index contributed by atoms with van der Waals surface area (Å²) in [6.07, 6.45) is 1.51. The molecule has 0 saturated carbocycles. The third kappa shape index (κ3) is 4.56. The minimum atomic E-state index is -0.210. The van der Waals surface area contributed by atoms with E-state index in [1.165, 1.54) is 6.20 Å². The van der Waals surface area contributed by atoms with Crippen molar-refractivity contribution in [1.29, 1.82) is 0 Å². The maximum absolute atomic E-state index is 11.3. The summed E-state index contributed by atoms with van der Waals surface area (Å²) in [5, 5.41) is 11.4. The number of aliphatic hydroxyl groups is 1. The number of hydrogen-bond donors (Lipinski definition) is 2. The lowest BCUT2D eigenvalue weighted by atomic mass is 10.2. The molecule has 0 fully saturated rings. The summed E-state index contributed by atoms with van der Waals surface area (Å²) in [4.78, 5) is 15.1. The molecule has 0 aliphatic carbocycles. The second-order valence-corrected chi connectivity index (χ2v) is 2.57.